The zero-order valence-electron chi connectivity index (χ0n) is 10.2. The van der Waals surface area contributed by atoms with Crippen molar-refractivity contribution in [1.82, 2.24) is 5.16 Å². The molecule has 1 aromatic rings. The molecule has 0 bridgehead atoms. The highest BCUT2D eigenvalue weighted by molar-refractivity contribution is 8.49. The minimum atomic E-state index is -1.32. The highest BCUT2D eigenvalue weighted by Gasteiger charge is 2.23. The summed E-state index contributed by atoms with van der Waals surface area (Å²) in [6.45, 7) is 2.95. The first-order valence-electron chi connectivity index (χ1n) is 5.69. The lowest BCUT2D eigenvalue weighted by Gasteiger charge is -2.28. The summed E-state index contributed by atoms with van der Waals surface area (Å²) in [7, 11) is 4.83. The van der Waals surface area contributed by atoms with E-state index in [4.69, 9.17) is 11.6 Å². The molecule has 0 saturated heterocycles. The molecule has 1 aromatic heterocycles. The van der Waals surface area contributed by atoms with E-state index in [0.29, 0.717) is 0 Å². The number of hydrogen-bond acceptors (Lipinski definition) is 3. The number of nitrogens with one attached hydrogen (secondary N) is 1. The first-order chi connectivity index (χ1) is 7.48. The Hall–Kier alpha value is -0.575. The van der Waals surface area contributed by atoms with Gasteiger partial charge in [0.1, 0.15) is 17.8 Å². The molecule has 0 aromatic carbocycles. The number of hydrogen-bond donors (Lipinski definition) is 1. The second-order valence-corrected chi connectivity index (χ2v) is 8.20. The van der Waals surface area contributed by atoms with Crippen molar-refractivity contribution in [2.75, 3.05) is 24.4 Å². The monoisotopic (exact) mass is 238 g/mol. The smallest absolute Gasteiger partial charge is 0.157 e. The van der Waals surface area contributed by atoms with Crippen molar-refractivity contribution in [2.45, 2.75) is 31.2 Å². The Bertz CT molecular complexity index is 369. The Kier molecular flexibility index (Phi) is 3.24. The first-order valence-corrected chi connectivity index (χ1v) is 8.21. The standard InChI is InChI=1S/C11H19BN2OS/c1-8-10(13-7-9-5-4-6-9)11(14-15-8)16(2,3)12/h9,13H,4-7H2,1-3H3. The Labute approximate surface area is 100.0 Å². The quantitative estimate of drug-likeness (QED) is 0.819. The van der Waals surface area contributed by atoms with Crippen molar-refractivity contribution in [3.63, 3.8) is 0 Å². The molecule has 0 atom stereocenters. The van der Waals surface area contributed by atoms with Crippen LogP contribution in [-0.2, 0) is 0 Å². The highest BCUT2D eigenvalue weighted by Crippen LogP contribution is 2.48. The van der Waals surface area contributed by atoms with Crippen LogP contribution in [-0.4, -0.2) is 31.3 Å². The van der Waals surface area contributed by atoms with E-state index in [9.17, 15) is 0 Å². The fraction of sp³-hybridized carbons (Fsp3) is 0.727. The van der Waals surface area contributed by atoms with Crippen LogP contribution in [0, 0.1) is 12.8 Å². The van der Waals surface area contributed by atoms with Gasteiger partial charge in [0.25, 0.3) is 0 Å². The van der Waals surface area contributed by atoms with E-state index in [1.54, 1.807) is 0 Å². The van der Waals surface area contributed by atoms with Crippen LogP contribution in [0.5, 0.6) is 0 Å². The predicted molar refractivity (Wildman–Crippen MR) is 70.5 cm³/mol. The van der Waals surface area contributed by atoms with Crippen molar-refractivity contribution in [1.29, 1.82) is 0 Å². The minimum absolute atomic E-state index is 0.818. The molecule has 0 aliphatic heterocycles. The average Bonchev–Trinajstić information content (AvgIpc) is 2.44. The van der Waals surface area contributed by atoms with Gasteiger partial charge in [0.2, 0.25) is 0 Å². The molecule has 1 aliphatic rings. The van der Waals surface area contributed by atoms with Crippen LogP contribution in [0.1, 0.15) is 25.0 Å². The predicted octanol–water partition coefficient (Wildman–Crippen LogP) is 2.70. The molecule has 3 nitrogen and oxygen atoms in total. The van der Waals surface area contributed by atoms with Crippen molar-refractivity contribution in [3.8, 4) is 0 Å². The normalized spacial score (nSPS) is 18.2. The van der Waals surface area contributed by atoms with Crippen molar-refractivity contribution in [2.24, 2.45) is 5.92 Å². The summed E-state index contributed by atoms with van der Waals surface area (Å²) in [5, 5.41) is 8.44. The number of nitrogens with zero attached hydrogens (tertiary/aromatic N) is 1. The van der Waals surface area contributed by atoms with Gasteiger partial charge < -0.3 is 9.84 Å². The topological polar surface area (TPSA) is 38.1 Å². The molecule has 0 amide bonds. The Morgan fingerprint density at radius 3 is 2.69 bits per heavy atom. The molecule has 1 aliphatic carbocycles. The molecular formula is C11H19BN2OS. The lowest BCUT2D eigenvalue weighted by atomic mass is 9.85. The number of aryl methyl sites for hydroxylation is 1. The number of anilines is 1. The lowest BCUT2D eigenvalue weighted by Crippen LogP contribution is -2.21. The van der Waals surface area contributed by atoms with Gasteiger partial charge in [-0.25, -0.2) is 9.88 Å². The molecule has 16 heavy (non-hydrogen) atoms. The van der Waals surface area contributed by atoms with Gasteiger partial charge in [-0.05, 0) is 38.2 Å². The van der Waals surface area contributed by atoms with Crippen molar-refractivity contribution in [3.05, 3.63) is 5.76 Å². The van der Waals surface area contributed by atoms with Gasteiger partial charge in [0.15, 0.2) is 5.76 Å². The lowest BCUT2D eigenvalue weighted by molar-refractivity contribution is 0.333. The van der Waals surface area contributed by atoms with Crippen LogP contribution in [0.15, 0.2) is 9.55 Å². The summed E-state index contributed by atoms with van der Waals surface area (Å²) in [6.07, 6.45) is 8.10. The van der Waals surface area contributed by atoms with Gasteiger partial charge in [-0.1, -0.05) is 11.6 Å². The van der Waals surface area contributed by atoms with Crippen LogP contribution >= 0.6 is 9.88 Å². The van der Waals surface area contributed by atoms with E-state index >= 15 is 0 Å². The van der Waals surface area contributed by atoms with E-state index < -0.39 is 9.88 Å². The second-order valence-electron chi connectivity index (χ2n) is 5.00. The van der Waals surface area contributed by atoms with Crippen LogP contribution in [0.3, 0.4) is 0 Å². The van der Waals surface area contributed by atoms with Gasteiger partial charge in [0, 0.05) is 6.54 Å². The molecule has 1 saturated carbocycles. The zero-order chi connectivity index (χ0) is 11.8. The largest absolute Gasteiger partial charge is 0.380 e. The Morgan fingerprint density at radius 1 is 1.50 bits per heavy atom. The van der Waals surface area contributed by atoms with E-state index in [1.165, 1.54) is 19.3 Å². The first kappa shape index (κ1) is 11.9. The van der Waals surface area contributed by atoms with Crippen LogP contribution in [0.25, 0.3) is 0 Å². The summed E-state index contributed by atoms with van der Waals surface area (Å²) in [4.78, 5) is 0. The maximum absolute atomic E-state index is 6.14. The molecule has 1 heterocycles. The Balaban J connectivity index is 2.08. The van der Waals surface area contributed by atoms with E-state index in [1.807, 2.05) is 19.4 Å². The van der Waals surface area contributed by atoms with Crippen LogP contribution in [0.4, 0.5) is 5.69 Å². The molecular weight excluding hydrogens is 219 g/mol. The van der Waals surface area contributed by atoms with Crippen LogP contribution < -0.4 is 5.32 Å². The van der Waals surface area contributed by atoms with Gasteiger partial charge >= 0.3 is 0 Å². The second kappa shape index (κ2) is 4.36. The fourth-order valence-corrected chi connectivity index (χ4v) is 2.83. The molecule has 1 N–H and O–H groups in total. The third-order valence-electron chi connectivity index (χ3n) is 3.12. The van der Waals surface area contributed by atoms with Gasteiger partial charge in [-0.15, -0.1) is 0 Å². The van der Waals surface area contributed by atoms with Gasteiger partial charge in [-0.3, -0.25) is 0 Å². The summed E-state index contributed by atoms with van der Waals surface area (Å²) in [5.41, 5.74) is 1.02. The summed E-state index contributed by atoms with van der Waals surface area (Å²) in [6, 6.07) is 0. The number of rotatable bonds is 4. The molecule has 2 radical (unpaired) electrons. The van der Waals surface area contributed by atoms with E-state index in [2.05, 4.69) is 10.5 Å². The maximum atomic E-state index is 6.14. The zero-order valence-corrected chi connectivity index (χ0v) is 11.1. The minimum Gasteiger partial charge on any atom is -0.380 e. The molecule has 5 heteroatoms. The van der Waals surface area contributed by atoms with Crippen molar-refractivity contribution >= 4 is 22.7 Å². The molecule has 2 rings (SSSR count). The molecule has 0 unspecified atom stereocenters. The van der Waals surface area contributed by atoms with Crippen LogP contribution in [0.2, 0.25) is 0 Å². The van der Waals surface area contributed by atoms with E-state index in [0.717, 1.165) is 28.9 Å². The average molecular weight is 238 g/mol. The summed E-state index contributed by atoms with van der Waals surface area (Å²) in [5.74, 6) is 1.67. The fourth-order valence-electron chi connectivity index (χ4n) is 1.85. The third-order valence-corrected chi connectivity index (χ3v) is 4.40. The Morgan fingerprint density at radius 2 is 2.19 bits per heavy atom. The summed E-state index contributed by atoms with van der Waals surface area (Å²) >= 11 is 0. The summed E-state index contributed by atoms with van der Waals surface area (Å²) < 4.78 is 5.23. The third kappa shape index (κ3) is 2.39. The van der Waals surface area contributed by atoms with Gasteiger partial charge in [0.05, 0.1) is 0 Å². The highest BCUT2D eigenvalue weighted by atomic mass is 32.3. The number of aromatic nitrogens is 1. The maximum Gasteiger partial charge on any atom is 0.157 e. The van der Waals surface area contributed by atoms with Gasteiger partial charge in [-0.2, -0.15) is 0 Å². The molecule has 0 spiro atoms. The van der Waals surface area contributed by atoms with E-state index in [-0.39, 0.29) is 0 Å². The molecule has 1 fully saturated rings. The van der Waals surface area contributed by atoms with Crippen molar-refractivity contribution < 1.29 is 4.52 Å². The SMILES string of the molecule is [B]S(C)(C)c1noc(C)c1NCC1CCC1. The molecule has 88 valence electrons.